The highest BCUT2D eigenvalue weighted by Crippen LogP contribution is 2.52. The highest BCUT2D eigenvalue weighted by Gasteiger charge is 2.50. The van der Waals surface area contributed by atoms with E-state index in [-0.39, 0.29) is 28.8 Å². The third kappa shape index (κ3) is 3.76. The van der Waals surface area contributed by atoms with E-state index in [2.05, 4.69) is 30.8 Å². The van der Waals surface area contributed by atoms with Gasteiger partial charge in [-0.1, -0.05) is 20.8 Å². The Balaban J connectivity index is 1.46. The largest absolute Gasteiger partial charge is 0.370 e. The lowest BCUT2D eigenvalue weighted by Crippen LogP contribution is -2.41. The molecule has 2 saturated heterocycles. The topological polar surface area (TPSA) is 58.4 Å². The molecule has 2 atom stereocenters. The third-order valence-corrected chi connectivity index (χ3v) is 6.60. The Bertz CT molecular complexity index is 781. The van der Waals surface area contributed by atoms with Gasteiger partial charge in [0.05, 0.1) is 11.9 Å². The van der Waals surface area contributed by atoms with Crippen LogP contribution in [-0.4, -0.2) is 46.3 Å². The average Bonchev–Trinajstić information content (AvgIpc) is 2.86. The smallest absolute Gasteiger partial charge is 0.269 e. The van der Waals surface area contributed by atoms with Crippen LogP contribution in [-0.2, 0) is 11.3 Å². The zero-order valence-electron chi connectivity index (χ0n) is 16.9. The molecule has 1 aromatic rings. The summed E-state index contributed by atoms with van der Waals surface area (Å²) in [5, 5.41) is 4.31. The molecule has 1 amide bonds. The van der Waals surface area contributed by atoms with Crippen molar-refractivity contribution in [1.29, 1.82) is 0 Å². The van der Waals surface area contributed by atoms with Gasteiger partial charge in [-0.2, -0.15) is 5.10 Å². The Morgan fingerprint density at radius 3 is 2.63 bits per heavy atom. The summed E-state index contributed by atoms with van der Waals surface area (Å²) in [5.41, 5.74) is 1.19. The number of fused-ring (bicyclic) bond motifs is 2. The van der Waals surface area contributed by atoms with Crippen LogP contribution < -0.4 is 10.5 Å². The quantitative estimate of drug-likeness (QED) is 0.818. The molecule has 148 valence electrons. The highest BCUT2D eigenvalue weighted by atomic mass is 16.2. The molecule has 1 saturated carbocycles. The Labute approximate surface area is 161 Å². The number of nitrogens with zero attached hydrogens (tertiary/aromatic N) is 4. The molecule has 0 radical (unpaired) electrons. The lowest BCUT2D eigenvalue weighted by molar-refractivity contribution is -0.133. The molecule has 0 aromatic carbocycles. The van der Waals surface area contributed by atoms with Crippen molar-refractivity contribution in [2.45, 2.75) is 71.9 Å². The molecular weight excluding hydrogens is 340 g/mol. The van der Waals surface area contributed by atoms with Crippen LogP contribution in [0, 0.1) is 10.8 Å². The summed E-state index contributed by atoms with van der Waals surface area (Å²) in [6.45, 7) is 9.72. The third-order valence-electron chi connectivity index (χ3n) is 6.60. The maximum absolute atomic E-state index is 13.0. The Morgan fingerprint density at radius 1 is 1.19 bits per heavy atom. The standard InChI is InChI=1S/C21H32N4O2/c1-20(2)10-17-11-21(3,14-20)15-24(17)19(27)13-25-18(26)9-16(12-22-25)23-7-5-4-6-8-23/h9,12,17H,4-8,10-11,13-15H2,1-3H3/t17-,21-/m0/s1. The summed E-state index contributed by atoms with van der Waals surface area (Å²) in [6, 6.07) is 1.94. The lowest BCUT2D eigenvalue weighted by Gasteiger charge is -2.39. The molecule has 1 aromatic heterocycles. The van der Waals surface area contributed by atoms with Crippen molar-refractivity contribution < 1.29 is 4.79 Å². The minimum Gasteiger partial charge on any atom is -0.370 e. The van der Waals surface area contributed by atoms with E-state index in [1.807, 2.05) is 4.90 Å². The summed E-state index contributed by atoms with van der Waals surface area (Å²) in [7, 11) is 0. The SMILES string of the molecule is CC1(C)C[C@H]2C[C@](C)(CN2C(=O)Cn2ncc(N3CCCCC3)cc2=O)C1. The van der Waals surface area contributed by atoms with Gasteiger partial charge in [0.25, 0.3) is 5.56 Å². The van der Waals surface area contributed by atoms with Crippen molar-refractivity contribution in [3.63, 3.8) is 0 Å². The predicted octanol–water partition coefficient (Wildman–Crippen LogP) is 2.66. The van der Waals surface area contributed by atoms with Crippen LogP contribution in [0.15, 0.2) is 17.1 Å². The van der Waals surface area contributed by atoms with E-state index in [0.717, 1.165) is 57.4 Å². The molecule has 4 rings (SSSR count). The summed E-state index contributed by atoms with van der Waals surface area (Å²) >= 11 is 0. The Morgan fingerprint density at radius 2 is 1.93 bits per heavy atom. The van der Waals surface area contributed by atoms with E-state index in [9.17, 15) is 9.59 Å². The van der Waals surface area contributed by atoms with Gasteiger partial charge in [0.2, 0.25) is 5.91 Å². The van der Waals surface area contributed by atoms with E-state index in [1.165, 1.54) is 11.1 Å². The second kappa shape index (κ2) is 6.64. The molecule has 2 aliphatic heterocycles. The minimum absolute atomic E-state index is 0.0294. The van der Waals surface area contributed by atoms with E-state index in [4.69, 9.17) is 0 Å². The number of likely N-dealkylation sites (tertiary alicyclic amines) is 1. The van der Waals surface area contributed by atoms with Crippen molar-refractivity contribution >= 4 is 11.6 Å². The summed E-state index contributed by atoms with van der Waals surface area (Å²) < 4.78 is 1.32. The molecule has 0 spiro atoms. The number of piperidine rings is 1. The first-order valence-electron chi connectivity index (χ1n) is 10.4. The summed E-state index contributed by atoms with van der Waals surface area (Å²) in [4.78, 5) is 29.7. The van der Waals surface area contributed by atoms with Gasteiger partial charge in [-0.3, -0.25) is 9.59 Å². The Hall–Kier alpha value is -1.85. The van der Waals surface area contributed by atoms with Crippen molar-refractivity contribution in [1.82, 2.24) is 14.7 Å². The number of aromatic nitrogens is 2. The number of amides is 1. The fraction of sp³-hybridized carbons (Fsp3) is 0.762. The average molecular weight is 373 g/mol. The van der Waals surface area contributed by atoms with Gasteiger partial charge in [0.1, 0.15) is 6.54 Å². The van der Waals surface area contributed by atoms with Crippen LogP contribution >= 0.6 is 0 Å². The number of carbonyl (C=O) groups excluding carboxylic acids is 1. The first-order chi connectivity index (χ1) is 12.7. The zero-order chi connectivity index (χ0) is 19.2. The van der Waals surface area contributed by atoms with E-state index >= 15 is 0 Å². The number of hydrogen-bond acceptors (Lipinski definition) is 4. The molecule has 0 unspecified atom stereocenters. The van der Waals surface area contributed by atoms with Gasteiger partial charge >= 0.3 is 0 Å². The first kappa shape index (κ1) is 18.5. The molecule has 3 heterocycles. The van der Waals surface area contributed by atoms with Crippen LogP contribution in [0.1, 0.15) is 59.3 Å². The van der Waals surface area contributed by atoms with Gasteiger partial charge in [0.15, 0.2) is 0 Å². The first-order valence-corrected chi connectivity index (χ1v) is 10.4. The fourth-order valence-electron chi connectivity index (χ4n) is 5.84. The molecule has 1 aliphatic carbocycles. The maximum atomic E-state index is 13.0. The van der Waals surface area contributed by atoms with Crippen molar-refractivity contribution in [2.24, 2.45) is 10.8 Å². The molecule has 0 N–H and O–H groups in total. The number of hydrogen-bond donors (Lipinski definition) is 0. The van der Waals surface area contributed by atoms with Crippen LogP contribution in [0.4, 0.5) is 5.69 Å². The highest BCUT2D eigenvalue weighted by molar-refractivity contribution is 5.76. The molecule has 6 nitrogen and oxygen atoms in total. The van der Waals surface area contributed by atoms with Crippen molar-refractivity contribution in [3.8, 4) is 0 Å². The second-order valence-electron chi connectivity index (χ2n) is 9.99. The monoisotopic (exact) mass is 372 g/mol. The summed E-state index contributed by atoms with van der Waals surface area (Å²) in [5.74, 6) is 0.0294. The molecule has 2 bridgehead atoms. The number of carbonyl (C=O) groups is 1. The number of rotatable bonds is 3. The molecule has 27 heavy (non-hydrogen) atoms. The van der Waals surface area contributed by atoms with Gasteiger partial charge in [0, 0.05) is 31.7 Å². The Kier molecular flexibility index (Phi) is 4.55. The molecule has 3 aliphatic rings. The van der Waals surface area contributed by atoms with Crippen LogP contribution in [0.5, 0.6) is 0 Å². The molecule has 6 heteroatoms. The normalized spacial score (nSPS) is 29.8. The molecular formula is C21H32N4O2. The van der Waals surface area contributed by atoms with Gasteiger partial charge in [-0.05, 0) is 49.4 Å². The second-order valence-corrected chi connectivity index (χ2v) is 9.99. The van der Waals surface area contributed by atoms with Crippen molar-refractivity contribution in [2.75, 3.05) is 24.5 Å². The summed E-state index contributed by atoms with van der Waals surface area (Å²) in [6.07, 6.45) is 8.60. The fourth-order valence-corrected chi connectivity index (χ4v) is 5.84. The predicted molar refractivity (Wildman–Crippen MR) is 106 cm³/mol. The van der Waals surface area contributed by atoms with Crippen LogP contribution in [0.25, 0.3) is 0 Å². The maximum Gasteiger partial charge on any atom is 0.269 e. The van der Waals surface area contributed by atoms with Crippen LogP contribution in [0.2, 0.25) is 0 Å². The van der Waals surface area contributed by atoms with Gasteiger partial charge in [-0.15, -0.1) is 0 Å². The van der Waals surface area contributed by atoms with Gasteiger partial charge < -0.3 is 9.80 Å². The van der Waals surface area contributed by atoms with E-state index in [0.29, 0.717) is 6.04 Å². The number of anilines is 1. The van der Waals surface area contributed by atoms with Gasteiger partial charge in [-0.25, -0.2) is 4.68 Å². The molecule has 3 fully saturated rings. The van der Waals surface area contributed by atoms with Crippen LogP contribution in [0.3, 0.4) is 0 Å². The van der Waals surface area contributed by atoms with E-state index in [1.54, 1.807) is 12.3 Å². The zero-order valence-corrected chi connectivity index (χ0v) is 16.9. The lowest BCUT2D eigenvalue weighted by atomic mass is 9.65. The van der Waals surface area contributed by atoms with Crippen molar-refractivity contribution in [3.05, 3.63) is 22.6 Å². The minimum atomic E-state index is -0.180. The van der Waals surface area contributed by atoms with E-state index < -0.39 is 0 Å².